The Hall–Kier alpha value is -7.63. The van der Waals surface area contributed by atoms with Crippen LogP contribution in [0.5, 0.6) is 0 Å². The van der Waals surface area contributed by atoms with Gasteiger partial charge < -0.3 is 9.13 Å². The van der Waals surface area contributed by atoms with Gasteiger partial charge in [0.1, 0.15) is 0 Å². The molecule has 0 fully saturated rings. The van der Waals surface area contributed by atoms with E-state index in [0.29, 0.717) is 17.5 Å². The first kappa shape index (κ1) is 31.9. The fourth-order valence-corrected chi connectivity index (χ4v) is 8.16. The van der Waals surface area contributed by atoms with Gasteiger partial charge in [0, 0.05) is 49.6 Å². The lowest BCUT2D eigenvalue weighted by atomic mass is 10.0. The van der Waals surface area contributed by atoms with Crippen LogP contribution in [-0.4, -0.2) is 24.1 Å². The number of benzene rings is 8. The second-order valence-electron chi connectivity index (χ2n) is 14.1. The average Bonchev–Trinajstić information content (AvgIpc) is 3.79. The Morgan fingerprint density at radius 1 is 0.250 bits per heavy atom. The summed E-state index contributed by atoms with van der Waals surface area (Å²) in [4.78, 5) is 15.0. The molecule has 3 aromatic heterocycles. The van der Waals surface area contributed by atoms with E-state index in [2.05, 4.69) is 149 Å². The van der Waals surface area contributed by atoms with Crippen molar-refractivity contribution in [2.75, 3.05) is 0 Å². The summed E-state index contributed by atoms with van der Waals surface area (Å²) in [7, 11) is 0. The predicted octanol–water partition coefficient (Wildman–Crippen LogP) is 12.7. The van der Waals surface area contributed by atoms with Crippen LogP contribution in [0.25, 0.3) is 100 Å². The van der Waals surface area contributed by atoms with Crippen LogP contribution in [0.15, 0.2) is 200 Å². The molecule has 5 nitrogen and oxygen atoms in total. The van der Waals surface area contributed by atoms with E-state index in [0.717, 1.165) is 50.0 Å². The maximum atomic E-state index is 5.03. The fourth-order valence-electron chi connectivity index (χ4n) is 8.16. The largest absolute Gasteiger partial charge is 0.309 e. The average molecular weight is 716 g/mol. The second kappa shape index (κ2) is 13.0. The van der Waals surface area contributed by atoms with Crippen molar-refractivity contribution in [1.29, 1.82) is 0 Å². The van der Waals surface area contributed by atoms with Crippen molar-refractivity contribution in [3.05, 3.63) is 200 Å². The quantitative estimate of drug-likeness (QED) is 0.172. The molecule has 0 bridgehead atoms. The summed E-state index contributed by atoms with van der Waals surface area (Å²) in [5.41, 5.74) is 12.1. The highest BCUT2D eigenvalue weighted by molar-refractivity contribution is 6.11. The summed E-state index contributed by atoms with van der Waals surface area (Å²) in [6, 6.07) is 70.5. The number of aromatic nitrogens is 5. The van der Waals surface area contributed by atoms with Gasteiger partial charge in [-0.05, 0) is 71.8 Å². The minimum Gasteiger partial charge on any atom is -0.309 e. The first-order valence-corrected chi connectivity index (χ1v) is 18.9. The van der Waals surface area contributed by atoms with Crippen molar-refractivity contribution in [3.8, 4) is 56.7 Å². The van der Waals surface area contributed by atoms with E-state index in [-0.39, 0.29) is 0 Å². The molecule has 0 radical (unpaired) electrons. The Balaban J connectivity index is 1.06. The number of hydrogen-bond acceptors (Lipinski definition) is 3. The summed E-state index contributed by atoms with van der Waals surface area (Å²) in [5.74, 6) is 1.94. The Morgan fingerprint density at radius 2 is 0.696 bits per heavy atom. The van der Waals surface area contributed by atoms with Crippen LogP contribution in [0.4, 0.5) is 0 Å². The molecular formula is C51H33N5. The molecule has 0 aliphatic carbocycles. The van der Waals surface area contributed by atoms with Gasteiger partial charge in [-0.2, -0.15) is 0 Å². The molecule has 11 rings (SSSR count). The molecule has 0 saturated heterocycles. The highest BCUT2D eigenvalue weighted by Crippen LogP contribution is 2.38. The van der Waals surface area contributed by atoms with Crippen LogP contribution in [0, 0.1) is 0 Å². The molecular weight excluding hydrogens is 683 g/mol. The third kappa shape index (κ3) is 5.29. The maximum absolute atomic E-state index is 5.03. The number of nitrogens with zero attached hydrogens (tertiary/aromatic N) is 5. The van der Waals surface area contributed by atoms with E-state index in [9.17, 15) is 0 Å². The molecule has 0 N–H and O–H groups in total. The summed E-state index contributed by atoms with van der Waals surface area (Å²) in [6.45, 7) is 0. The van der Waals surface area contributed by atoms with Gasteiger partial charge in [0.15, 0.2) is 17.5 Å². The summed E-state index contributed by atoms with van der Waals surface area (Å²) < 4.78 is 4.75. The van der Waals surface area contributed by atoms with Crippen molar-refractivity contribution < 1.29 is 0 Å². The minimum atomic E-state index is 0.641. The maximum Gasteiger partial charge on any atom is 0.164 e. The number of para-hydroxylation sites is 3. The SMILES string of the molecule is c1ccc(-c2nc(-c3ccccc3)nc(-c3ccc4c(c3)c3ccccc3n4-c3cccc(-c4ccc5c6ccccc6n(-c6ccccc6)c5c4)c3)n2)cc1. The second-order valence-corrected chi connectivity index (χ2v) is 14.1. The molecule has 262 valence electrons. The van der Waals surface area contributed by atoms with Crippen LogP contribution in [-0.2, 0) is 0 Å². The van der Waals surface area contributed by atoms with E-state index in [1.165, 1.54) is 32.8 Å². The van der Waals surface area contributed by atoms with Gasteiger partial charge in [-0.15, -0.1) is 0 Å². The van der Waals surface area contributed by atoms with E-state index >= 15 is 0 Å². The summed E-state index contributed by atoms with van der Waals surface area (Å²) in [5, 5.41) is 4.80. The Kier molecular flexibility index (Phi) is 7.42. The van der Waals surface area contributed by atoms with Crippen LogP contribution >= 0.6 is 0 Å². The first-order chi connectivity index (χ1) is 27.8. The zero-order valence-electron chi connectivity index (χ0n) is 30.3. The van der Waals surface area contributed by atoms with E-state index in [1.54, 1.807) is 0 Å². The molecule has 56 heavy (non-hydrogen) atoms. The molecule has 0 aliphatic heterocycles. The fraction of sp³-hybridized carbons (Fsp3) is 0. The van der Waals surface area contributed by atoms with Crippen LogP contribution in [0.3, 0.4) is 0 Å². The van der Waals surface area contributed by atoms with Crippen LogP contribution < -0.4 is 0 Å². The van der Waals surface area contributed by atoms with E-state index in [1.807, 2.05) is 60.7 Å². The molecule has 0 saturated carbocycles. The van der Waals surface area contributed by atoms with Crippen molar-refractivity contribution in [2.24, 2.45) is 0 Å². The highest BCUT2D eigenvalue weighted by Gasteiger charge is 2.18. The molecule has 0 unspecified atom stereocenters. The van der Waals surface area contributed by atoms with Crippen molar-refractivity contribution in [3.63, 3.8) is 0 Å². The van der Waals surface area contributed by atoms with Gasteiger partial charge in [0.05, 0.1) is 22.1 Å². The van der Waals surface area contributed by atoms with Gasteiger partial charge in [-0.1, -0.05) is 140 Å². The van der Waals surface area contributed by atoms with Gasteiger partial charge >= 0.3 is 0 Å². The Labute approximate surface area is 323 Å². The molecule has 8 aromatic carbocycles. The summed E-state index contributed by atoms with van der Waals surface area (Å²) in [6.07, 6.45) is 0. The van der Waals surface area contributed by atoms with Crippen LogP contribution in [0.2, 0.25) is 0 Å². The topological polar surface area (TPSA) is 48.5 Å². The van der Waals surface area contributed by atoms with E-state index in [4.69, 9.17) is 15.0 Å². The highest BCUT2D eigenvalue weighted by atomic mass is 15.0. The third-order valence-corrected chi connectivity index (χ3v) is 10.8. The molecule has 0 aliphatic rings. The molecule has 0 spiro atoms. The molecule has 11 aromatic rings. The third-order valence-electron chi connectivity index (χ3n) is 10.8. The lowest BCUT2D eigenvalue weighted by Crippen LogP contribution is -2.00. The molecule has 0 amide bonds. The smallest absolute Gasteiger partial charge is 0.164 e. The standard InChI is InChI=1S/C51H33N5/c1-4-15-34(16-5-1)49-52-50(35-17-6-2-7-18-35)54-51(53-49)38-28-30-47-44(32-38)42-24-11-13-26-46(42)56(47)40-22-14-19-36(31-40)37-27-29-43-41-23-10-12-25-45(41)55(48(43)33-37)39-20-8-3-9-21-39/h1-33H. The Bertz CT molecular complexity index is 3180. The van der Waals surface area contributed by atoms with Crippen LogP contribution in [0.1, 0.15) is 0 Å². The zero-order valence-corrected chi connectivity index (χ0v) is 30.3. The summed E-state index contributed by atoms with van der Waals surface area (Å²) >= 11 is 0. The monoisotopic (exact) mass is 715 g/mol. The molecule has 3 heterocycles. The first-order valence-electron chi connectivity index (χ1n) is 18.9. The lowest BCUT2D eigenvalue weighted by Gasteiger charge is -2.12. The zero-order chi connectivity index (χ0) is 37.0. The van der Waals surface area contributed by atoms with Gasteiger partial charge in [0.2, 0.25) is 0 Å². The lowest BCUT2D eigenvalue weighted by molar-refractivity contribution is 1.07. The Morgan fingerprint density at radius 3 is 1.36 bits per heavy atom. The van der Waals surface area contributed by atoms with Crippen molar-refractivity contribution in [1.82, 2.24) is 24.1 Å². The van der Waals surface area contributed by atoms with Crippen molar-refractivity contribution in [2.45, 2.75) is 0 Å². The normalized spacial score (nSPS) is 11.6. The number of hydrogen-bond donors (Lipinski definition) is 0. The predicted molar refractivity (Wildman–Crippen MR) is 230 cm³/mol. The van der Waals surface area contributed by atoms with Crippen molar-refractivity contribution >= 4 is 43.6 Å². The number of fused-ring (bicyclic) bond motifs is 6. The minimum absolute atomic E-state index is 0.641. The van der Waals surface area contributed by atoms with E-state index < -0.39 is 0 Å². The van der Waals surface area contributed by atoms with Gasteiger partial charge in [-0.3, -0.25) is 0 Å². The van der Waals surface area contributed by atoms with Gasteiger partial charge in [0.25, 0.3) is 0 Å². The number of rotatable bonds is 6. The molecule has 0 atom stereocenters. The molecule has 5 heteroatoms. The van der Waals surface area contributed by atoms with Gasteiger partial charge in [-0.25, -0.2) is 15.0 Å².